The van der Waals surface area contributed by atoms with Crippen LogP contribution in [0.2, 0.25) is 0 Å². The molecule has 0 aromatic heterocycles. The van der Waals surface area contributed by atoms with Crippen LogP contribution < -0.4 is 0 Å². The fraction of sp³-hybridized carbons (Fsp3) is 0.882. The number of amides is 1. The maximum atomic E-state index is 12.5. The summed E-state index contributed by atoms with van der Waals surface area (Å²) < 4.78 is 5.09. The molecular formula is C17H30N2O3. The molecule has 5 nitrogen and oxygen atoms in total. The number of carbonyl (C=O) groups is 2. The zero-order valence-electron chi connectivity index (χ0n) is 14.2. The molecule has 126 valence electrons. The van der Waals surface area contributed by atoms with Gasteiger partial charge >= 0.3 is 5.97 Å². The minimum Gasteiger partial charge on any atom is -0.466 e. The van der Waals surface area contributed by atoms with Crippen LogP contribution in [0.3, 0.4) is 0 Å². The molecule has 1 amide bonds. The lowest BCUT2D eigenvalue weighted by Crippen LogP contribution is -2.46. The Balaban J connectivity index is 1.77. The van der Waals surface area contributed by atoms with Crippen molar-refractivity contribution in [2.24, 2.45) is 11.8 Å². The summed E-state index contributed by atoms with van der Waals surface area (Å²) in [7, 11) is 0. The van der Waals surface area contributed by atoms with Crippen molar-refractivity contribution in [1.82, 2.24) is 9.80 Å². The average Bonchev–Trinajstić information content (AvgIpc) is 3.30. The first-order valence-electron chi connectivity index (χ1n) is 8.69. The van der Waals surface area contributed by atoms with Crippen molar-refractivity contribution in [1.29, 1.82) is 0 Å². The maximum absolute atomic E-state index is 12.5. The van der Waals surface area contributed by atoms with E-state index in [0.29, 0.717) is 25.1 Å². The maximum Gasteiger partial charge on any atom is 0.309 e. The summed E-state index contributed by atoms with van der Waals surface area (Å²) >= 11 is 0. The Labute approximate surface area is 134 Å². The highest BCUT2D eigenvalue weighted by atomic mass is 16.5. The summed E-state index contributed by atoms with van der Waals surface area (Å²) in [6.45, 7) is 9.60. The normalized spacial score (nSPS) is 20.2. The number of nitrogens with zero attached hydrogens (tertiary/aromatic N) is 2. The van der Waals surface area contributed by atoms with E-state index in [-0.39, 0.29) is 17.8 Å². The molecule has 0 spiro atoms. The summed E-state index contributed by atoms with van der Waals surface area (Å²) in [5.41, 5.74) is 0. The van der Waals surface area contributed by atoms with E-state index in [1.54, 1.807) is 0 Å². The predicted molar refractivity (Wildman–Crippen MR) is 85.4 cm³/mol. The van der Waals surface area contributed by atoms with Gasteiger partial charge in [-0.3, -0.25) is 14.5 Å². The molecule has 1 saturated carbocycles. The minimum absolute atomic E-state index is 0.0153. The number of carbonyl (C=O) groups excluding carboxylic acids is 2. The number of piperidine rings is 1. The first-order valence-corrected chi connectivity index (χ1v) is 8.69. The molecule has 2 aliphatic rings. The summed E-state index contributed by atoms with van der Waals surface area (Å²) in [6, 6.07) is 0.479. The van der Waals surface area contributed by atoms with Gasteiger partial charge in [0.1, 0.15) is 0 Å². The van der Waals surface area contributed by atoms with Crippen molar-refractivity contribution in [2.45, 2.75) is 52.5 Å². The van der Waals surface area contributed by atoms with Gasteiger partial charge in [0.25, 0.3) is 0 Å². The second-order valence-electron chi connectivity index (χ2n) is 6.97. The molecule has 1 saturated heterocycles. The van der Waals surface area contributed by atoms with E-state index < -0.39 is 0 Å². The Morgan fingerprint density at radius 3 is 2.32 bits per heavy atom. The Morgan fingerprint density at radius 1 is 1.18 bits per heavy atom. The lowest BCUT2D eigenvalue weighted by molar-refractivity contribution is -0.149. The van der Waals surface area contributed by atoms with Crippen LogP contribution in [0.5, 0.6) is 0 Å². The van der Waals surface area contributed by atoms with Crippen LogP contribution in [0.15, 0.2) is 0 Å². The third-order valence-corrected chi connectivity index (χ3v) is 4.44. The van der Waals surface area contributed by atoms with E-state index in [9.17, 15) is 9.59 Å². The van der Waals surface area contributed by atoms with Crippen LogP contribution in [0.25, 0.3) is 0 Å². The van der Waals surface area contributed by atoms with Gasteiger partial charge in [-0.15, -0.1) is 0 Å². The first-order chi connectivity index (χ1) is 10.5. The van der Waals surface area contributed by atoms with Crippen LogP contribution in [0.4, 0.5) is 0 Å². The van der Waals surface area contributed by atoms with Crippen LogP contribution in [0.1, 0.15) is 46.5 Å². The molecule has 0 atom stereocenters. The van der Waals surface area contributed by atoms with Gasteiger partial charge in [0.05, 0.1) is 19.1 Å². The molecule has 2 rings (SSSR count). The minimum atomic E-state index is -0.0760. The molecule has 0 aromatic rings. The number of hydrogen-bond acceptors (Lipinski definition) is 4. The van der Waals surface area contributed by atoms with Crippen LogP contribution >= 0.6 is 0 Å². The highest BCUT2D eigenvalue weighted by Gasteiger charge is 2.34. The van der Waals surface area contributed by atoms with Crippen LogP contribution in [-0.4, -0.2) is 60.5 Å². The SMILES string of the molecule is CCOC(=O)C1CCN(CC(=O)N(CC(C)C)C2CC2)CC1. The Kier molecular flexibility index (Phi) is 6.24. The van der Waals surface area contributed by atoms with Crippen molar-refractivity contribution in [3.8, 4) is 0 Å². The average molecular weight is 310 g/mol. The van der Waals surface area contributed by atoms with Crippen molar-refractivity contribution in [3.05, 3.63) is 0 Å². The van der Waals surface area contributed by atoms with E-state index in [0.717, 1.165) is 45.3 Å². The van der Waals surface area contributed by atoms with Crippen molar-refractivity contribution < 1.29 is 14.3 Å². The molecule has 1 aliphatic carbocycles. The smallest absolute Gasteiger partial charge is 0.309 e. The quantitative estimate of drug-likeness (QED) is 0.674. The van der Waals surface area contributed by atoms with Crippen LogP contribution in [-0.2, 0) is 14.3 Å². The zero-order chi connectivity index (χ0) is 16.1. The van der Waals surface area contributed by atoms with Crippen molar-refractivity contribution in [2.75, 3.05) is 32.8 Å². The predicted octanol–water partition coefficient (Wildman–Crippen LogP) is 1.91. The van der Waals surface area contributed by atoms with Gasteiger partial charge in [0.15, 0.2) is 0 Å². The number of rotatable bonds is 7. The van der Waals surface area contributed by atoms with Gasteiger partial charge in [0.2, 0.25) is 5.91 Å². The van der Waals surface area contributed by atoms with E-state index in [1.807, 2.05) is 6.92 Å². The number of ether oxygens (including phenoxy) is 1. The van der Waals surface area contributed by atoms with E-state index in [4.69, 9.17) is 4.74 Å². The summed E-state index contributed by atoms with van der Waals surface area (Å²) in [5.74, 6) is 0.708. The van der Waals surface area contributed by atoms with Crippen molar-refractivity contribution in [3.63, 3.8) is 0 Å². The lowest BCUT2D eigenvalue weighted by atomic mass is 9.97. The molecular weight excluding hydrogens is 280 g/mol. The fourth-order valence-corrected chi connectivity index (χ4v) is 3.10. The van der Waals surface area contributed by atoms with Gasteiger partial charge in [-0.2, -0.15) is 0 Å². The monoisotopic (exact) mass is 310 g/mol. The first kappa shape index (κ1) is 17.3. The van der Waals surface area contributed by atoms with Gasteiger partial charge in [-0.1, -0.05) is 13.8 Å². The highest BCUT2D eigenvalue weighted by molar-refractivity contribution is 5.79. The zero-order valence-corrected chi connectivity index (χ0v) is 14.2. The standard InChI is InChI=1S/C17H30N2O3/c1-4-22-17(21)14-7-9-18(10-8-14)12-16(20)19(11-13(2)3)15-5-6-15/h13-15H,4-12H2,1-3H3. The highest BCUT2D eigenvalue weighted by Crippen LogP contribution is 2.28. The third-order valence-electron chi connectivity index (χ3n) is 4.44. The third kappa shape index (κ3) is 4.97. The Bertz CT molecular complexity index is 385. The Morgan fingerprint density at radius 2 is 1.82 bits per heavy atom. The number of likely N-dealkylation sites (tertiary alicyclic amines) is 1. The summed E-state index contributed by atoms with van der Waals surface area (Å²) in [4.78, 5) is 28.5. The second-order valence-corrected chi connectivity index (χ2v) is 6.97. The number of esters is 1. The lowest BCUT2D eigenvalue weighted by Gasteiger charge is -2.32. The van der Waals surface area contributed by atoms with Crippen molar-refractivity contribution >= 4 is 11.9 Å². The van der Waals surface area contributed by atoms with E-state index in [1.165, 1.54) is 0 Å². The molecule has 1 heterocycles. The molecule has 5 heteroatoms. The molecule has 0 unspecified atom stereocenters. The molecule has 0 radical (unpaired) electrons. The van der Waals surface area contributed by atoms with Gasteiger partial charge in [-0.25, -0.2) is 0 Å². The van der Waals surface area contributed by atoms with E-state index in [2.05, 4.69) is 23.6 Å². The molecule has 0 aromatic carbocycles. The van der Waals surface area contributed by atoms with Gasteiger partial charge in [0, 0.05) is 12.6 Å². The fourth-order valence-electron chi connectivity index (χ4n) is 3.10. The molecule has 0 N–H and O–H groups in total. The van der Waals surface area contributed by atoms with Crippen LogP contribution in [0, 0.1) is 11.8 Å². The molecule has 0 bridgehead atoms. The second kappa shape index (κ2) is 7.95. The molecule has 1 aliphatic heterocycles. The molecule has 22 heavy (non-hydrogen) atoms. The van der Waals surface area contributed by atoms with Gasteiger partial charge < -0.3 is 9.64 Å². The van der Waals surface area contributed by atoms with Gasteiger partial charge in [-0.05, 0) is 51.6 Å². The Hall–Kier alpha value is -1.10. The van der Waals surface area contributed by atoms with E-state index >= 15 is 0 Å². The largest absolute Gasteiger partial charge is 0.466 e. The topological polar surface area (TPSA) is 49.9 Å². The number of hydrogen-bond donors (Lipinski definition) is 0. The molecule has 2 fully saturated rings. The summed E-state index contributed by atoms with van der Waals surface area (Å²) in [5, 5.41) is 0. The summed E-state index contributed by atoms with van der Waals surface area (Å²) in [6.07, 6.45) is 3.92.